The number of aromatic nitrogens is 4. The first-order chi connectivity index (χ1) is 18.1. The molecular formula is C25H24ClF4N7O. The van der Waals surface area contributed by atoms with Gasteiger partial charge in [-0.05, 0) is 42.8 Å². The largest absolute Gasteiger partial charge is 0.411 e. The van der Waals surface area contributed by atoms with E-state index in [1.165, 1.54) is 11.0 Å². The molecule has 0 bridgehead atoms. The molecule has 0 saturated carbocycles. The molecule has 4 aliphatic heterocycles. The Morgan fingerprint density at radius 1 is 0.974 bits per heavy atom. The summed E-state index contributed by atoms with van der Waals surface area (Å²) >= 11 is 6.27. The van der Waals surface area contributed by atoms with Gasteiger partial charge in [-0.25, -0.2) is 9.37 Å². The van der Waals surface area contributed by atoms with E-state index >= 15 is 0 Å². The third kappa shape index (κ3) is 3.46. The average Bonchev–Trinajstić information content (AvgIpc) is 3.08. The van der Waals surface area contributed by atoms with Crippen LogP contribution in [0, 0.1) is 18.2 Å². The van der Waals surface area contributed by atoms with Crippen LogP contribution in [0.1, 0.15) is 17.1 Å². The monoisotopic (exact) mass is 549 g/mol. The third-order valence-corrected chi connectivity index (χ3v) is 8.39. The quantitative estimate of drug-likeness (QED) is 0.461. The van der Waals surface area contributed by atoms with Crippen molar-refractivity contribution in [3.8, 4) is 5.69 Å². The van der Waals surface area contributed by atoms with E-state index in [2.05, 4.69) is 20.1 Å². The van der Waals surface area contributed by atoms with Crippen LogP contribution in [-0.2, 0) is 17.8 Å². The van der Waals surface area contributed by atoms with Crippen molar-refractivity contribution >= 4 is 23.4 Å². The fourth-order valence-corrected chi connectivity index (χ4v) is 6.28. The van der Waals surface area contributed by atoms with Gasteiger partial charge in [0.05, 0.1) is 25.4 Å². The van der Waals surface area contributed by atoms with Crippen LogP contribution in [-0.4, -0.2) is 75.8 Å². The molecule has 0 radical (unpaired) electrons. The summed E-state index contributed by atoms with van der Waals surface area (Å²) in [4.78, 5) is 9.75. The number of pyridine rings is 1. The van der Waals surface area contributed by atoms with Gasteiger partial charge in [0.1, 0.15) is 0 Å². The predicted molar refractivity (Wildman–Crippen MR) is 131 cm³/mol. The molecule has 2 aromatic heterocycles. The highest BCUT2D eigenvalue weighted by Crippen LogP contribution is 2.47. The van der Waals surface area contributed by atoms with Crippen LogP contribution in [0.2, 0.25) is 5.02 Å². The van der Waals surface area contributed by atoms with Crippen molar-refractivity contribution in [3.05, 3.63) is 58.3 Å². The molecule has 4 aliphatic rings. The summed E-state index contributed by atoms with van der Waals surface area (Å²) in [6.45, 7) is 3.72. The highest BCUT2D eigenvalue weighted by atomic mass is 35.5. The number of rotatable bonds is 3. The summed E-state index contributed by atoms with van der Waals surface area (Å²) in [6.07, 6.45) is -4.46. The van der Waals surface area contributed by atoms with Crippen LogP contribution < -0.4 is 9.80 Å². The Morgan fingerprint density at radius 3 is 2.39 bits per heavy atom. The molecule has 8 nitrogen and oxygen atoms in total. The van der Waals surface area contributed by atoms with E-state index in [9.17, 15) is 17.6 Å². The number of nitrogens with zero attached hydrogens (tertiary/aromatic N) is 7. The number of hydrogen-bond acceptors (Lipinski definition) is 7. The van der Waals surface area contributed by atoms with Crippen LogP contribution in [0.15, 0.2) is 30.3 Å². The molecule has 0 amide bonds. The maximum atomic E-state index is 14.3. The molecule has 200 valence electrons. The summed E-state index contributed by atoms with van der Waals surface area (Å²) in [6, 6.07) is 8.32. The zero-order valence-corrected chi connectivity index (χ0v) is 21.2. The van der Waals surface area contributed by atoms with Gasteiger partial charge in [-0.15, -0.1) is 10.2 Å². The summed E-state index contributed by atoms with van der Waals surface area (Å²) < 4.78 is 63.8. The molecule has 3 aromatic rings. The normalized spacial score (nSPS) is 21.7. The van der Waals surface area contributed by atoms with E-state index in [1.807, 2.05) is 22.5 Å². The van der Waals surface area contributed by atoms with Gasteiger partial charge in [0.2, 0.25) is 5.95 Å². The van der Waals surface area contributed by atoms with E-state index in [1.54, 1.807) is 18.2 Å². The van der Waals surface area contributed by atoms with Crippen LogP contribution in [0.3, 0.4) is 0 Å². The highest BCUT2D eigenvalue weighted by Gasteiger charge is 2.64. The van der Waals surface area contributed by atoms with Gasteiger partial charge < -0.3 is 14.5 Å². The summed E-state index contributed by atoms with van der Waals surface area (Å²) in [5.41, 5.74) is 0.0410. The fraction of sp³-hybridized carbons (Fsp3) is 0.480. The maximum absolute atomic E-state index is 14.3. The maximum Gasteiger partial charge on any atom is 0.411 e. The van der Waals surface area contributed by atoms with Crippen LogP contribution in [0.5, 0.6) is 0 Å². The van der Waals surface area contributed by atoms with Crippen molar-refractivity contribution < 1.29 is 22.3 Å². The number of benzene rings is 1. The lowest BCUT2D eigenvalue weighted by Gasteiger charge is -2.60. The van der Waals surface area contributed by atoms with Crippen LogP contribution in [0.4, 0.5) is 29.3 Å². The van der Waals surface area contributed by atoms with Gasteiger partial charge in [-0.2, -0.15) is 13.2 Å². The number of alkyl halides is 3. The van der Waals surface area contributed by atoms with Crippen molar-refractivity contribution in [1.82, 2.24) is 24.6 Å². The minimum atomic E-state index is -4.46. The molecule has 0 aliphatic carbocycles. The fourth-order valence-electron chi connectivity index (χ4n) is 6.08. The Bertz CT molecular complexity index is 1430. The van der Waals surface area contributed by atoms with Crippen LogP contribution >= 0.6 is 11.6 Å². The molecule has 0 unspecified atom stereocenters. The Morgan fingerprint density at radius 2 is 1.71 bits per heavy atom. The Balaban J connectivity index is 1.17. The minimum Gasteiger partial charge on any atom is -0.377 e. The molecule has 1 spiro atoms. The second-order valence-electron chi connectivity index (χ2n) is 10.9. The summed E-state index contributed by atoms with van der Waals surface area (Å²) in [5, 5.41) is 9.20. The molecule has 1 aromatic carbocycles. The van der Waals surface area contributed by atoms with E-state index in [4.69, 9.17) is 16.3 Å². The lowest BCUT2D eigenvalue weighted by Crippen LogP contribution is -2.73. The van der Waals surface area contributed by atoms with Crippen molar-refractivity contribution in [3.63, 3.8) is 0 Å². The van der Waals surface area contributed by atoms with Crippen molar-refractivity contribution in [2.45, 2.75) is 31.7 Å². The van der Waals surface area contributed by atoms with Crippen molar-refractivity contribution in [1.29, 1.82) is 0 Å². The standard InChI is InChI=1S/C25H24ClF4N7O/c1-15-2-4-18(27)21(31-15)34-9-23(10-34)11-35(12-23)22-33-32-20-8-36(24(13-38-14-24)25(28,29)30)7-16-6-17(26)3-5-19(16)37(20)22/h2-6H,7-14H2,1H3. The van der Waals surface area contributed by atoms with Gasteiger partial charge in [-0.1, -0.05) is 11.6 Å². The summed E-state index contributed by atoms with van der Waals surface area (Å²) in [7, 11) is 0. The first-order valence-electron chi connectivity index (χ1n) is 12.3. The zero-order valence-electron chi connectivity index (χ0n) is 20.5. The van der Waals surface area contributed by atoms with E-state index in [0.29, 0.717) is 60.0 Å². The van der Waals surface area contributed by atoms with E-state index < -0.39 is 24.9 Å². The molecule has 0 N–H and O–H groups in total. The molecular weight excluding hydrogens is 526 g/mol. The number of anilines is 2. The third-order valence-electron chi connectivity index (χ3n) is 8.16. The minimum absolute atomic E-state index is 0.0204. The molecule has 6 heterocycles. The first kappa shape index (κ1) is 24.1. The van der Waals surface area contributed by atoms with Gasteiger partial charge >= 0.3 is 6.18 Å². The van der Waals surface area contributed by atoms with Crippen LogP contribution in [0.25, 0.3) is 5.69 Å². The van der Waals surface area contributed by atoms with Gasteiger partial charge in [0.15, 0.2) is 23.0 Å². The topological polar surface area (TPSA) is 62.6 Å². The van der Waals surface area contributed by atoms with Gasteiger partial charge in [0.25, 0.3) is 0 Å². The second kappa shape index (κ2) is 8.03. The SMILES string of the molecule is Cc1ccc(F)c(N2CC3(C2)CN(c2nnc4n2-c2ccc(Cl)cc2CN(C2(C(F)(F)F)COC2)C4)C3)n1. The number of hydrogen-bond donors (Lipinski definition) is 0. The second-order valence-corrected chi connectivity index (χ2v) is 11.3. The Kier molecular flexibility index (Phi) is 5.09. The number of ether oxygens (including phenoxy) is 1. The smallest absolute Gasteiger partial charge is 0.377 e. The number of halogens is 5. The molecule has 13 heteroatoms. The van der Waals surface area contributed by atoms with Crippen molar-refractivity contribution in [2.24, 2.45) is 5.41 Å². The molecule has 3 fully saturated rings. The highest BCUT2D eigenvalue weighted by molar-refractivity contribution is 6.30. The first-order valence-corrected chi connectivity index (χ1v) is 12.7. The Labute approximate surface area is 220 Å². The van der Waals surface area contributed by atoms with Gasteiger partial charge in [-0.3, -0.25) is 9.47 Å². The van der Waals surface area contributed by atoms with Gasteiger partial charge in [0, 0.05) is 48.9 Å². The average molecular weight is 550 g/mol. The number of aryl methyl sites for hydroxylation is 1. The van der Waals surface area contributed by atoms with Crippen molar-refractivity contribution in [2.75, 3.05) is 49.2 Å². The Hall–Kier alpha value is -2.96. The predicted octanol–water partition coefficient (Wildman–Crippen LogP) is 3.74. The summed E-state index contributed by atoms with van der Waals surface area (Å²) in [5.74, 6) is 1.05. The number of fused-ring (bicyclic) bond motifs is 3. The van der Waals surface area contributed by atoms with E-state index in [0.717, 1.165) is 5.69 Å². The zero-order chi connectivity index (χ0) is 26.4. The molecule has 38 heavy (non-hydrogen) atoms. The lowest BCUT2D eigenvalue weighted by atomic mass is 9.73. The molecule has 7 rings (SSSR count). The van der Waals surface area contributed by atoms with E-state index in [-0.39, 0.29) is 24.3 Å². The molecule has 3 saturated heterocycles. The molecule has 0 atom stereocenters. The lowest BCUT2D eigenvalue weighted by molar-refractivity contribution is -0.310.